The van der Waals surface area contributed by atoms with Gasteiger partial charge in [0.15, 0.2) is 0 Å². The van der Waals surface area contributed by atoms with E-state index in [0.29, 0.717) is 28.4 Å². The summed E-state index contributed by atoms with van der Waals surface area (Å²) in [7, 11) is 0. The predicted molar refractivity (Wildman–Crippen MR) is 115 cm³/mol. The molecule has 31 heavy (non-hydrogen) atoms. The van der Waals surface area contributed by atoms with Gasteiger partial charge in [-0.3, -0.25) is 0 Å². The van der Waals surface area contributed by atoms with Gasteiger partial charge in [0, 0.05) is 6.08 Å². The third-order valence-electron chi connectivity index (χ3n) is 3.98. The molecule has 0 saturated carbocycles. The number of carbonyl (C=O) groups is 1. The third kappa shape index (κ3) is 6.92. The van der Waals surface area contributed by atoms with Crippen LogP contribution in [-0.4, -0.2) is 24.3 Å². The van der Waals surface area contributed by atoms with Crippen molar-refractivity contribution in [1.82, 2.24) is 0 Å². The number of aliphatic hydroxyl groups is 1. The molecule has 0 fully saturated rings. The van der Waals surface area contributed by atoms with Gasteiger partial charge in [0.2, 0.25) is 0 Å². The number of hydrogen-bond donors (Lipinski definition) is 1. The highest BCUT2D eigenvalue weighted by atomic mass is 16.5. The van der Waals surface area contributed by atoms with E-state index in [1.807, 2.05) is 18.2 Å². The minimum atomic E-state index is -0.514. The monoisotopic (exact) mass is 413 g/mol. The molecule has 7 heteroatoms. The normalized spacial score (nSPS) is 10.8. The van der Waals surface area contributed by atoms with Gasteiger partial charge in [-0.1, -0.05) is 12.1 Å². The van der Waals surface area contributed by atoms with E-state index < -0.39 is 5.97 Å². The largest absolute Gasteiger partial charge is 0.491 e. The number of carbonyl (C=O) groups excluding carboxylic acids is 1. The number of aliphatic hydroxyl groups excluding tert-OH is 1. The number of benzene rings is 3. The van der Waals surface area contributed by atoms with E-state index in [1.165, 1.54) is 6.08 Å². The van der Waals surface area contributed by atoms with Crippen LogP contribution in [0.25, 0.3) is 6.08 Å². The van der Waals surface area contributed by atoms with E-state index >= 15 is 0 Å². The maximum Gasteiger partial charge on any atom is 0.336 e. The van der Waals surface area contributed by atoms with Crippen LogP contribution in [0.1, 0.15) is 11.1 Å². The summed E-state index contributed by atoms with van der Waals surface area (Å²) in [5.41, 5.74) is 2.64. The molecule has 0 amide bonds. The molecule has 0 spiro atoms. The second kappa shape index (κ2) is 11.0. The van der Waals surface area contributed by atoms with Crippen molar-refractivity contribution >= 4 is 23.4 Å². The lowest BCUT2D eigenvalue weighted by atomic mass is 10.2. The van der Waals surface area contributed by atoms with Crippen molar-refractivity contribution in [2.75, 3.05) is 13.2 Å². The van der Waals surface area contributed by atoms with E-state index in [4.69, 9.17) is 19.8 Å². The van der Waals surface area contributed by atoms with Gasteiger partial charge < -0.3 is 14.6 Å². The smallest absolute Gasteiger partial charge is 0.336 e. The maximum atomic E-state index is 11.9. The zero-order valence-corrected chi connectivity index (χ0v) is 16.5. The summed E-state index contributed by atoms with van der Waals surface area (Å²) in [4.78, 5) is 11.9. The van der Waals surface area contributed by atoms with Gasteiger partial charge in [0.25, 0.3) is 0 Å². The van der Waals surface area contributed by atoms with Crippen molar-refractivity contribution in [1.29, 1.82) is 5.26 Å². The van der Waals surface area contributed by atoms with Crippen LogP contribution in [0.15, 0.2) is 89.1 Å². The first kappa shape index (κ1) is 21.4. The Balaban J connectivity index is 1.53. The first-order valence-corrected chi connectivity index (χ1v) is 9.42. The molecular weight excluding hydrogens is 394 g/mol. The number of rotatable bonds is 8. The third-order valence-corrected chi connectivity index (χ3v) is 3.98. The van der Waals surface area contributed by atoms with E-state index in [0.717, 1.165) is 5.56 Å². The van der Waals surface area contributed by atoms with Crippen LogP contribution in [0.5, 0.6) is 11.5 Å². The van der Waals surface area contributed by atoms with Gasteiger partial charge in [-0.2, -0.15) is 15.5 Å². The molecule has 0 aliphatic carbocycles. The van der Waals surface area contributed by atoms with Crippen molar-refractivity contribution in [3.63, 3.8) is 0 Å². The zero-order chi connectivity index (χ0) is 21.9. The summed E-state index contributed by atoms with van der Waals surface area (Å²) < 4.78 is 10.5. The Morgan fingerprint density at radius 1 is 0.903 bits per heavy atom. The minimum Gasteiger partial charge on any atom is -0.491 e. The fourth-order valence-electron chi connectivity index (χ4n) is 2.45. The lowest BCUT2D eigenvalue weighted by molar-refractivity contribution is -0.128. The lowest BCUT2D eigenvalue weighted by Gasteiger charge is -2.03. The van der Waals surface area contributed by atoms with E-state index in [2.05, 4.69) is 10.2 Å². The van der Waals surface area contributed by atoms with Gasteiger partial charge in [0.05, 0.1) is 29.6 Å². The molecule has 0 unspecified atom stereocenters. The van der Waals surface area contributed by atoms with Gasteiger partial charge in [-0.25, -0.2) is 4.79 Å². The van der Waals surface area contributed by atoms with E-state index in [1.54, 1.807) is 66.7 Å². The Kier molecular flexibility index (Phi) is 7.64. The van der Waals surface area contributed by atoms with Gasteiger partial charge in [0.1, 0.15) is 18.1 Å². The van der Waals surface area contributed by atoms with Crippen molar-refractivity contribution in [2.45, 2.75) is 0 Å². The van der Waals surface area contributed by atoms with E-state index in [9.17, 15) is 4.79 Å². The lowest BCUT2D eigenvalue weighted by Crippen LogP contribution is -2.03. The van der Waals surface area contributed by atoms with Crippen LogP contribution in [-0.2, 0) is 4.79 Å². The van der Waals surface area contributed by atoms with Crippen LogP contribution < -0.4 is 9.47 Å². The summed E-state index contributed by atoms with van der Waals surface area (Å²) in [6, 6.07) is 22.6. The highest BCUT2D eigenvalue weighted by molar-refractivity contribution is 5.88. The Labute approximate surface area is 179 Å². The molecule has 0 atom stereocenters. The first-order valence-electron chi connectivity index (χ1n) is 9.42. The Hall–Kier alpha value is -4.28. The van der Waals surface area contributed by atoms with Crippen LogP contribution in [0.2, 0.25) is 0 Å². The molecule has 0 aromatic heterocycles. The molecule has 0 radical (unpaired) electrons. The number of ether oxygens (including phenoxy) is 2. The molecule has 0 heterocycles. The highest BCUT2D eigenvalue weighted by Crippen LogP contribution is 2.22. The van der Waals surface area contributed by atoms with Crippen molar-refractivity contribution < 1.29 is 19.4 Å². The minimum absolute atomic E-state index is 0.0367. The van der Waals surface area contributed by atoms with Gasteiger partial charge >= 0.3 is 5.97 Å². The summed E-state index contributed by atoms with van der Waals surface area (Å²) in [6.45, 7) is 0.208. The predicted octanol–water partition coefficient (Wildman–Crippen LogP) is 4.96. The van der Waals surface area contributed by atoms with Crippen molar-refractivity contribution in [3.05, 3.63) is 90.0 Å². The molecule has 7 nitrogen and oxygen atoms in total. The van der Waals surface area contributed by atoms with Crippen molar-refractivity contribution in [2.24, 2.45) is 10.2 Å². The molecular formula is C24H19N3O4. The van der Waals surface area contributed by atoms with Gasteiger partial charge in [-0.15, -0.1) is 0 Å². The number of azo groups is 1. The number of nitrogens with zero attached hydrogens (tertiary/aromatic N) is 3. The molecule has 3 aromatic rings. The number of esters is 1. The highest BCUT2D eigenvalue weighted by Gasteiger charge is 2.01. The van der Waals surface area contributed by atoms with Crippen LogP contribution >= 0.6 is 0 Å². The average molecular weight is 413 g/mol. The fraction of sp³-hybridized carbons (Fsp3) is 0.0833. The van der Waals surface area contributed by atoms with Crippen LogP contribution in [0, 0.1) is 11.3 Å². The van der Waals surface area contributed by atoms with Gasteiger partial charge in [-0.05, 0) is 72.3 Å². The SMILES string of the molecule is N#Cc1ccc(OC(=O)C=Cc2ccc(N=Nc3ccc(OCCO)cc3)cc2)cc1. The zero-order valence-electron chi connectivity index (χ0n) is 16.5. The topological polar surface area (TPSA) is 104 Å². The molecule has 3 rings (SSSR count). The summed E-state index contributed by atoms with van der Waals surface area (Å²) in [6.07, 6.45) is 2.97. The summed E-state index contributed by atoms with van der Waals surface area (Å²) >= 11 is 0. The average Bonchev–Trinajstić information content (AvgIpc) is 2.82. The Morgan fingerprint density at radius 3 is 2.06 bits per heavy atom. The molecule has 0 bridgehead atoms. The number of nitriles is 1. The molecule has 0 saturated heterocycles. The molecule has 3 aromatic carbocycles. The molecule has 0 aliphatic rings. The second-order valence-corrected chi connectivity index (χ2v) is 6.25. The molecule has 0 aliphatic heterocycles. The van der Waals surface area contributed by atoms with Crippen molar-refractivity contribution in [3.8, 4) is 17.6 Å². The van der Waals surface area contributed by atoms with Crippen LogP contribution in [0.4, 0.5) is 11.4 Å². The number of hydrogen-bond acceptors (Lipinski definition) is 7. The molecule has 1 N–H and O–H groups in total. The van der Waals surface area contributed by atoms with E-state index in [-0.39, 0.29) is 13.2 Å². The Bertz CT molecular complexity index is 1100. The van der Waals surface area contributed by atoms with Crippen LogP contribution in [0.3, 0.4) is 0 Å². The summed E-state index contributed by atoms with van der Waals surface area (Å²) in [5.74, 6) is 0.513. The first-order chi connectivity index (χ1) is 15.2. The standard InChI is InChI=1S/C24H19N3O4/c25-17-19-3-10-23(11-4-19)31-24(29)14-5-18-1-6-20(7-2-18)26-27-21-8-12-22(13-9-21)30-16-15-28/h1-14,28H,15-16H2. The quantitative estimate of drug-likeness (QED) is 0.243. The molecule has 154 valence electrons. The summed E-state index contributed by atoms with van der Waals surface area (Å²) in [5, 5.41) is 25.9. The fourth-order valence-corrected chi connectivity index (χ4v) is 2.45. The Morgan fingerprint density at radius 2 is 1.48 bits per heavy atom. The maximum absolute atomic E-state index is 11.9. The second-order valence-electron chi connectivity index (χ2n) is 6.25.